The minimum atomic E-state index is -0.434. The number of benzene rings is 1. The zero-order valence-corrected chi connectivity index (χ0v) is 10.6. The molecule has 0 saturated carbocycles. The standard InChI is InChI=1S/C14H12O3S/c1-16-14(15)12-11(17-12)13-10(7-8-18-13)9-5-3-2-4-6-9/h2-8,11-12H,1H3/t11-,12-/m1/s1. The van der Waals surface area contributed by atoms with Crippen LogP contribution in [0.1, 0.15) is 11.0 Å². The Balaban J connectivity index is 1.88. The molecule has 1 aliphatic rings. The summed E-state index contributed by atoms with van der Waals surface area (Å²) in [5.74, 6) is -0.299. The average Bonchev–Trinajstić information content (AvgIpc) is 3.07. The first-order valence-corrected chi connectivity index (χ1v) is 6.55. The van der Waals surface area contributed by atoms with Crippen LogP contribution in [0.5, 0.6) is 0 Å². The van der Waals surface area contributed by atoms with Crippen molar-refractivity contribution in [3.05, 3.63) is 46.7 Å². The monoisotopic (exact) mass is 260 g/mol. The highest BCUT2D eigenvalue weighted by Gasteiger charge is 2.48. The molecule has 92 valence electrons. The Morgan fingerprint density at radius 2 is 2.06 bits per heavy atom. The van der Waals surface area contributed by atoms with Gasteiger partial charge in [-0.25, -0.2) is 4.79 Å². The van der Waals surface area contributed by atoms with Crippen molar-refractivity contribution in [2.75, 3.05) is 7.11 Å². The lowest BCUT2D eigenvalue weighted by Crippen LogP contribution is -2.08. The van der Waals surface area contributed by atoms with E-state index < -0.39 is 6.10 Å². The summed E-state index contributed by atoms with van der Waals surface area (Å²) >= 11 is 1.61. The predicted molar refractivity (Wildman–Crippen MR) is 69.4 cm³/mol. The van der Waals surface area contributed by atoms with Gasteiger partial charge in [0.25, 0.3) is 0 Å². The molecule has 3 nitrogen and oxygen atoms in total. The number of hydrogen-bond donors (Lipinski definition) is 0. The quantitative estimate of drug-likeness (QED) is 0.629. The number of methoxy groups -OCH3 is 1. The van der Waals surface area contributed by atoms with Crippen molar-refractivity contribution < 1.29 is 14.3 Å². The third-order valence-electron chi connectivity index (χ3n) is 2.96. The second kappa shape index (κ2) is 4.55. The molecule has 2 atom stereocenters. The zero-order valence-electron chi connectivity index (χ0n) is 9.83. The Hall–Kier alpha value is -1.65. The van der Waals surface area contributed by atoms with Crippen LogP contribution in [-0.2, 0) is 14.3 Å². The summed E-state index contributed by atoms with van der Waals surface area (Å²) in [4.78, 5) is 12.5. The predicted octanol–water partition coefficient (Wildman–Crippen LogP) is 3.03. The number of hydrogen-bond acceptors (Lipinski definition) is 4. The molecule has 1 saturated heterocycles. The normalized spacial score (nSPS) is 21.6. The van der Waals surface area contributed by atoms with Crippen molar-refractivity contribution in [2.45, 2.75) is 12.2 Å². The first kappa shape index (κ1) is 11.4. The average molecular weight is 260 g/mol. The Morgan fingerprint density at radius 1 is 1.28 bits per heavy atom. The van der Waals surface area contributed by atoms with E-state index in [9.17, 15) is 4.79 Å². The van der Waals surface area contributed by atoms with Gasteiger partial charge >= 0.3 is 5.97 Å². The SMILES string of the molecule is COC(=O)[C@@H]1O[C@H]1c1sccc1-c1ccccc1. The molecule has 0 bridgehead atoms. The van der Waals surface area contributed by atoms with Gasteiger partial charge in [0.2, 0.25) is 0 Å². The van der Waals surface area contributed by atoms with Crippen molar-refractivity contribution in [1.82, 2.24) is 0 Å². The number of ether oxygens (including phenoxy) is 2. The Labute approximate surface area is 109 Å². The summed E-state index contributed by atoms with van der Waals surface area (Å²) in [6.07, 6.45) is -0.580. The van der Waals surface area contributed by atoms with Crippen molar-refractivity contribution in [3.8, 4) is 11.1 Å². The molecule has 0 N–H and O–H groups in total. The molecule has 18 heavy (non-hydrogen) atoms. The summed E-state index contributed by atoms with van der Waals surface area (Å²) < 4.78 is 10.1. The number of rotatable bonds is 3. The van der Waals surface area contributed by atoms with Crippen LogP contribution in [0.4, 0.5) is 0 Å². The molecule has 0 spiro atoms. The van der Waals surface area contributed by atoms with E-state index in [1.807, 2.05) is 23.6 Å². The van der Waals surface area contributed by atoms with Gasteiger partial charge in [0, 0.05) is 4.88 Å². The molecule has 1 aromatic heterocycles. The van der Waals surface area contributed by atoms with Gasteiger partial charge in [-0.15, -0.1) is 11.3 Å². The number of epoxide rings is 1. The van der Waals surface area contributed by atoms with Gasteiger partial charge in [0.15, 0.2) is 6.10 Å². The molecule has 1 aliphatic heterocycles. The van der Waals surface area contributed by atoms with Crippen LogP contribution in [0.3, 0.4) is 0 Å². The van der Waals surface area contributed by atoms with Crippen LogP contribution < -0.4 is 0 Å². The van der Waals surface area contributed by atoms with E-state index in [4.69, 9.17) is 4.74 Å². The lowest BCUT2D eigenvalue weighted by atomic mass is 10.0. The van der Waals surface area contributed by atoms with Gasteiger partial charge in [0.1, 0.15) is 6.10 Å². The molecule has 2 aromatic rings. The van der Waals surface area contributed by atoms with Crippen LogP contribution >= 0.6 is 11.3 Å². The van der Waals surface area contributed by atoms with E-state index >= 15 is 0 Å². The molecule has 0 unspecified atom stereocenters. The molecular formula is C14H12O3S. The van der Waals surface area contributed by atoms with E-state index in [1.165, 1.54) is 7.11 Å². The summed E-state index contributed by atoms with van der Waals surface area (Å²) in [6.45, 7) is 0. The Kier molecular flexibility index (Phi) is 2.89. The van der Waals surface area contributed by atoms with Crippen molar-refractivity contribution in [3.63, 3.8) is 0 Å². The highest BCUT2D eigenvalue weighted by Crippen LogP contribution is 2.46. The molecule has 0 aliphatic carbocycles. The van der Waals surface area contributed by atoms with E-state index in [1.54, 1.807) is 11.3 Å². The van der Waals surface area contributed by atoms with Gasteiger partial charge in [-0.1, -0.05) is 30.3 Å². The Morgan fingerprint density at radius 3 is 2.78 bits per heavy atom. The topological polar surface area (TPSA) is 38.8 Å². The van der Waals surface area contributed by atoms with Gasteiger partial charge in [-0.2, -0.15) is 0 Å². The molecule has 0 radical (unpaired) electrons. The summed E-state index contributed by atoms with van der Waals surface area (Å²) in [5.41, 5.74) is 2.28. The summed E-state index contributed by atoms with van der Waals surface area (Å²) in [7, 11) is 1.38. The fraction of sp³-hybridized carbons (Fsp3) is 0.214. The number of thiophene rings is 1. The van der Waals surface area contributed by atoms with Crippen LogP contribution in [0.15, 0.2) is 41.8 Å². The van der Waals surface area contributed by atoms with Crippen LogP contribution in [-0.4, -0.2) is 19.2 Å². The van der Waals surface area contributed by atoms with Gasteiger partial charge in [0.05, 0.1) is 7.11 Å². The smallest absolute Gasteiger partial charge is 0.338 e. The number of esters is 1. The van der Waals surface area contributed by atoms with Crippen LogP contribution in [0.2, 0.25) is 0 Å². The highest BCUT2D eigenvalue weighted by molar-refractivity contribution is 7.10. The number of carbonyl (C=O) groups excluding carboxylic acids is 1. The molecule has 4 heteroatoms. The molecule has 1 fully saturated rings. The minimum Gasteiger partial charge on any atom is -0.467 e. The van der Waals surface area contributed by atoms with Crippen LogP contribution in [0.25, 0.3) is 11.1 Å². The first-order valence-electron chi connectivity index (χ1n) is 5.67. The maximum atomic E-state index is 11.4. The lowest BCUT2D eigenvalue weighted by Gasteiger charge is -2.01. The largest absolute Gasteiger partial charge is 0.467 e. The van der Waals surface area contributed by atoms with Gasteiger partial charge in [-0.3, -0.25) is 0 Å². The molecule has 1 aromatic carbocycles. The summed E-state index contributed by atoms with van der Waals surface area (Å²) in [6, 6.07) is 12.2. The van der Waals surface area contributed by atoms with Gasteiger partial charge < -0.3 is 9.47 Å². The highest BCUT2D eigenvalue weighted by atomic mass is 32.1. The van der Waals surface area contributed by atoms with E-state index in [0.717, 1.165) is 16.0 Å². The second-order valence-corrected chi connectivity index (χ2v) is 5.01. The van der Waals surface area contributed by atoms with E-state index in [0.29, 0.717) is 0 Å². The Bertz CT molecular complexity index is 561. The van der Waals surface area contributed by atoms with Crippen LogP contribution in [0, 0.1) is 0 Å². The molecule has 3 rings (SSSR count). The zero-order chi connectivity index (χ0) is 12.5. The maximum absolute atomic E-state index is 11.4. The first-order chi connectivity index (χ1) is 8.81. The van der Waals surface area contributed by atoms with Crippen molar-refractivity contribution in [1.29, 1.82) is 0 Å². The fourth-order valence-corrected chi connectivity index (χ4v) is 2.98. The lowest BCUT2D eigenvalue weighted by molar-refractivity contribution is -0.142. The van der Waals surface area contributed by atoms with Crippen molar-refractivity contribution in [2.24, 2.45) is 0 Å². The van der Waals surface area contributed by atoms with Gasteiger partial charge in [-0.05, 0) is 22.6 Å². The minimum absolute atomic E-state index is 0.146. The fourth-order valence-electron chi connectivity index (χ4n) is 2.00. The molecule has 0 amide bonds. The summed E-state index contributed by atoms with van der Waals surface area (Å²) in [5, 5.41) is 2.02. The van der Waals surface area contributed by atoms with Crippen molar-refractivity contribution >= 4 is 17.3 Å². The van der Waals surface area contributed by atoms with E-state index in [2.05, 4.69) is 22.9 Å². The number of carbonyl (C=O) groups is 1. The third kappa shape index (κ3) is 1.94. The molecular weight excluding hydrogens is 248 g/mol. The third-order valence-corrected chi connectivity index (χ3v) is 3.94. The second-order valence-electron chi connectivity index (χ2n) is 4.06. The maximum Gasteiger partial charge on any atom is 0.338 e. The van der Waals surface area contributed by atoms with E-state index in [-0.39, 0.29) is 12.1 Å². The molecule has 2 heterocycles.